The van der Waals surface area contributed by atoms with Crippen LogP contribution in [0.25, 0.3) is 0 Å². The van der Waals surface area contributed by atoms with E-state index in [0.29, 0.717) is 0 Å². The second kappa shape index (κ2) is 5.23. The number of hydrogen-bond donors (Lipinski definition) is 1. The smallest absolute Gasteiger partial charge is 0.0950 e. The Balaban J connectivity index is 1.92. The molecular formula is C11H16N4S. The Kier molecular flexibility index (Phi) is 3.69. The lowest BCUT2D eigenvalue weighted by Crippen LogP contribution is -2.05. The zero-order valence-electron chi connectivity index (χ0n) is 9.60. The quantitative estimate of drug-likeness (QED) is 0.857. The molecule has 2 aromatic rings. The van der Waals surface area contributed by atoms with E-state index in [4.69, 9.17) is 0 Å². The molecule has 2 rings (SSSR count). The Morgan fingerprint density at radius 2 is 2.31 bits per heavy atom. The number of aromatic nitrogens is 3. The van der Waals surface area contributed by atoms with Gasteiger partial charge in [0, 0.05) is 30.6 Å². The molecule has 86 valence electrons. The molecule has 16 heavy (non-hydrogen) atoms. The van der Waals surface area contributed by atoms with Crippen LogP contribution in [0.4, 0.5) is 0 Å². The first kappa shape index (κ1) is 11.3. The maximum absolute atomic E-state index is 4.32. The van der Waals surface area contributed by atoms with Gasteiger partial charge in [0.15, 0.2) is 0 Å². The molecule has 5 heteroatoms. The van der Waals surface area contributed by atoms with Gasteiger partial charge in [0.2, 0.25) is 0 Å². The van der Waals surface area contributed by atoms with Crippen LogP contribution in [0.2, 0.25) is 0 Å². The third kappa shape index (κ3) is 2.68. The predicted molar refractivity (Wildman–Crippen MR) is 65.5 cm³/mol. The van der Waals surface area contributed by atoms with Crippen LogP contribution < -0.4 is 5.32 Å². The lowest BCUT2D eigenvalue weighted by atomic mass is 10.3. The van der Waals surface area contributed by atoms with E-state index in [0.717, 1.165) is 30.9 Å². The second-order valence-corrected chi connectivity index (χ2v) is 4.68. The zero-order valence-corrected chi connectivity index (χ0v) is 10.4. The Morgan fingerprint density at radius 3 is 3.00 bits per heavy atom. The molecule has 0 aliphatic carbocycles. The maximum Gasteiger partial charge on any atom is 0.0950 e. The first-order valence-corrected chi connectivity index (χ1v) is 6.22. The van der Waals surface area contributed by atoms with Crippen LogP contribution >= 0.6 is 11.3 Å². The van der Waals surface area contributed by atoms with Crippen LogP contribution in [-0.4, -0.2) is 21.6 Å². The Bertz CT molecular complexity index is 446. The minimum absolute atomic E-state index is 0.826. The molecule has 0 aromatic carbocycles. The molecule has 0 aliphatic rings. The van der Waals surface area contributed by atoms with Crippen LogP contribution in [-0.2, 0) is 19.5 Å². The van der Waals surface area contributed by atoms with Gasteiger partial charge in [-0.15, -0.1) is 11.3 Å². The summed E-state index contributed by atoms with van der Waals surface area (Å²) in [6, 6.07) is 0. The fourth-order valence-electron chi connectivity index (χ4n) is 1.60. The van der Waals surface area contributed by atoms with E-state index in [1.54, 1.807) is 11.3 Å². The normalized spacial score (nSPS) is 10.9. The number of rotatable bonds is 5. The van der Waals surface area contributed by atoms with Crippen molar-refractivity contribution in [3.63, 3.8) is 0 Å². The average molecular weight is 236 g/mol. The van der Waals surface area contributed by atoms with Crippen molar-refractivity contribution in [3.05, 3.63) is 34.3 Å². The molecule has 0 spiro atoms. The SMILES string of the molecule is CNCc1cn(CCc2scnc2C)cn1. The Labute approximate surface area is 99.4 Å². The van der Waals surface area contributed by atoms with Crippen LogP contribution in [0.3, 0.4) is 0 Å². The van der Waals surface area contributed by atoms with Gasteiger partial charge in [-0.3, -0.25) is 0 Å². The summed E-state index contributed by atoms with van der Waals surface area (Å²) in [5.41, 5.74) is 4.15. The average Bonchev–Trinajstić information content (AvgIpc) is 2.86. The lowest BCUT2D eigenvalue weighted by Gasteiger charge is -2.00. The van der Waals surface area contributed by atoms with Gasteiger partial charge < -0.3 is 9.88 Å². The molecule has 4 nitrogen and oxygen atoms in total. The zero-order chi connectivity index (χ0) is 11.4. The first-order valence-electron chi connectivity index (χ1n) is 5.34. The van der Waals surface area contributed by atoms with Crippen molar-refractivity contribution in [1.29, 1.82) is 0 Å². The summed E-state index contributed by atoms with van der Waals surface area (Å²) in [7, 11) is 1.93. The molecule has 0 amide bonds. The predicted octanol–water partition coefficient (Wildman–Crippen LogP) is 1.61. The number of aryl methyl sites for hydroxylation is 3. The molecular weight excluding hydrogens is 220 g/mol. The van der Waals surface area contributed by atoms with Crippen LogP contribution in [0.15, 0.2) is 18.0 Å². The van der Waals surface area contributed by atoms with Crippen LogP contribution in [0.5, 0.6) is 0 Å². The summed E-state index contributed by atoms with van der Waals surface area (Å²) in [6.45, 7) is 3.86. The molecule has 0 aliphatic heterocycles. The van der Waals surface area contributed by atoms with Crippen molar-refractivity contribution in [2.45, 2.75) is 26.4 Å². The fourth-order valence-corrected chi connectivity index (χ4v) is 2.37. The highest BCUT2D eigenvalue weighted by Crippen LogP contribution is 2.13. The van der Waals surface area contributed by atoms with E-state index >= 15 is 0 Å². The molecule has 1 N–H and O–H groups in total. The standard InChI is InChI=1S/C11H16N4S/c1-9-11(16-8-14-9)3-4-15-6-10(5-12-2)13-7-15/h6-8,12H,3-5H2,1-2H3. The van der Waals surface area contributed by atoms with Crippen molar-refractivity contribution in [1.82, 2.24) is 19.9 Å². The number of nitrogens with one attached hydrogen (secondary N) is 1. The van der Waals surface area contributed by atoms with Gasteiger partial charge in [-0.1, -0.05) is 0 Å². The number of imidazole rings is 1. The molecule has 0 saturated heterocycles. The van der Waals surface area contributed by atoms with E-state index in [1.807, 2.05) is 18.9 Å². The third-order valence-electron chi connectivity index (χ3n) is 2.49. The summed E-state index contributed by atoms with van der Waals surface area (Å²) in [4.78, 5) is 9.93. The summed E-state index contributed by atoms with van der Waals surface area (Å²) in [6.07, 6.45) is 5.02. The summed E-state index contributed by atoms with van der Waals surface area (Å²) in [5, 5.41) is 3.09. The number of hydrogen-bond acceptors (Lipinski definition) is 4. The molecule has 0 radical (unpaired) electrons. The van der Waals surface area contributed by atoms with Gasteiger partial charge >= 0.3 is 0 Å². The van der Waals surface area contributed by atoms with E-state index in [1.165, 1.54) is 4.88 Å². The van der Waals surface area contributed by atoms with E-state index in [9.17, 15) is 0 Å². The first-order chi connectivity index (χ1) is 7.79. The Morgan fingerprint density at radius 1 is 1.44 bits per heavy atom. The largest absolute Gasteiger partial charge is 0.337 e. The monoisotopic (exact) mass is 236 g/mol. The van der Waals surface area contributed by atoms with Gasteiger partial charge in [-0.05, 0) is 14.0 Å². The van der Waals surface area contributed by atoms with E-state index in [-0.39, 0.29) is 0 Å². The van der Waals surface area contributed by atoms with Gasteiger partial charge in [-0.2, -0.15) is 0 Å². The minimum Gasteiger partial charge on any atom is -0.337 e. The molecule has 2 heterocycles. The van der Waals surface area contributed by atoms with Crippen molar-refractivity contribution < 1.29 is 0 Å². The highest BCUT2D eigenvalue weighted by molar-refractivity contribution is 7.09. The third-order valence-corrected chi connectivity index (χ3v) is 3.48. The minimum atomic E-state index is 0.826. The van der Waals surface area contributed by atoms with Crippen molar-refractivity contribution in [2.75, 3.05) is 7.05 Å². The van der Waals surface area contributed by atoms with Gasteiger partial charge in [0.1, 0.15) is 0 Å². The van der Waals surface area contributed by atoms with E-state index in [2.05, 4.69) is 33.0 Å². The number of nitrogens with zero attached hydrogens (tertiary/aromatic N) is 3. The summed E-state index contributed by atoms with van der Waals surface area (Å²) < 4.78 is 2.13. The second-order valence-electron chi connectivity index (χ2n) is 3.74. The molecule has 0 saturated carbocycles. The topological polar surface area (TPSA) is 42.7 Å². The van der Waals surface area contributed by atoms with Gasteiger partial charge in [-0.25, -0.2) is 9.97 Å². The van der Waals surface area contributed by atoms with Crippen molar-refractivity contribution >= 4 is 11.3 Å². The van der Waals surface area contributed by atoms with Crippen LogP contribution in [0.1, 0.15) is 16.3 Å². The fraction of sp³-hybridized carbons (Fsp3) is 0.455. The lowest BCUT2D eigenvalue weighted by molar-refractivity contribution is 0.696. The number of thiazole rings is 1. The molecule has 0 fully saturated rings. The summed E-state index contributed by atoms with van der Waals surface area (Å²) >= 11 is 1.73. The molecule has 0 atom stereocenters. The molecule has 0 unspecified atom stereocenters. The van der Waals surface area contributed by atoms with Crippen molar-refractivity contribution in [2.24, 2.45) is 0 Å². The van der Waals surface area contributed by atoms with E-state index < -0.39 is 0 Å². The van der Waals surface area contributed by atoms with Crippen LogP contribution in [0, 0.1) is 6.92 Å². The highest BCUT2D eigenvalue weighted by atomic mass is 32.1. The summed E-state index contributed by atoms with van der Waals surface area (Å²) in [5.74, 6) is 0. The molecule has 2 aromatic heterocycles. The van der Waals surface area contributed by atoms with Crippen molar-refractivity contribution in [3.8, 4) is 0 Å². The highest BCUT2D eigenvalue weighted by Gasteiger charge is 2.02. The van der Waals surface area contributed by atoms with Gasteiger partial charge in [0.05, 0.1) is 23.2 Å². The maximum atomic E-state index is 4.32. The Hall–Kier alpha value is -1.20. The molecule has 0 bridgehead atoms. The van der Waals surface area contributed by atoms with Gasteiger partial charge in [0.25, 0.3) is 0 Å².